The Balaban J connectivity index is 0. The van der Waals surface area contributed by atoms with Crippen molar-refractivity contribution in [3.8, 4) is 0 Å². The Kier molecular flexibility index (Phi) is 9.57. The van der Waals surface area contributed by atoms with Gasteiger partial charge in [-0.15, -0.1) is 0 Å². The van der Waals surface area contributed by atoms with Crippen LogP contribution in [0.5, 0.6) is 0 Å². The Morgan fingerprint density at radius 2 is 1.74 bits per heavy atom. The van der Waals surface area contributed by atoms with Crippen LogP contribution in [0.4, 0.5) is 18.0 Å². The number of alkyl carbamates (subject to hydrolysis) is 1. The molecule has 0 spiro atoms. The molecule has 0 saturated carbocycles. The number of halogens is 3. The van der Waals surface area contributed by atoms with E-state index in [-0.39, 0.29) is 19.7 Å². The summed E-state index contributed by atoms with van der Waals surface area (Å²) < 4.78 is 42.8. The molecule has 1 amide bonds. The minimum Gasteiger partial charge on any atom is -0.444 e. The number of aryl methyl sites for hydroxylation is 1. The summed E-state index contributed by atoms with van der Waals surface area (Å²) in [5.74, 6) is 0. The zero-order chi connectivity index (χ0) is 17.6. The highest BCUT2D eigenvalue weighted by molar-refractivity contribution is 5.67. The predicted octanol–water partition coefficient (Wildman–Crippen LogP) is 5.10. The normalized spacial score (nSPS) is 10.8. The summed E-state index contributed by atoms with van der Waals surface area (Å²) in [6, 6.07) is 2.39. The van der Waals surface area contributed by atoms with Crippen molar-refractivity contribution in [2.45, 2.75) is 67.3 Å². The Morgan fingerprint density at radius 3 is 2.17 bits per heavy atom. The largest absolute Gasteiger partial charge is 0.444 e. The first-order chi connectivity index (χ1) is 9.97. The number of carbonyl (C=O) groups is 1. The van der Waals surface area contributed by atoms with Crippen molar-refractivity contribution < 1.29 is 22.7 Å². The summed E-state index contributed by atoms with van der Waals surface area (Å²) in [5.41, 5.74) is -1.08. The van der Waals surface area contributed by atoms with Crippen LogP contribution in [-0.2, 0) is 17.5 Å². The fourth-order valence-corrected chi connectivity index (χ4v) is 1.48. The lowest BCUT2D eigenvalue weighted by Crippen LogP contribution is -2.32. The number of nitrogens with one attached hydrogen (secondary N) is 1. The van der Waals surface area contributed by atoms with Crippen LogP contribution in [-0.4, -0.2) is 16.7 Å². The Hall–Kier alpha value is -1.79. The van der Waals surface area contributed by atoms with Gasteiger partial charge >= 0.3 is 12.3 Å². The molecule has 0 aliphatic carbocycles. The van der Waals surface area contributed by atoms with Crippen LogP contribution in [0.1, 0.15) is 59.0 Å². The summed E-state index contributed by atoms with van der Waals surface area (Å²) in [6.07, 6.45) is -5.19. The van der Waals surface area contributed by atoms with Gasteiger partial charge in [0.05, 0.1) is 0 Å². The molecule has 0 radical (unpaired) electrons. The molecule has 0 aliphatic rings. The van der Waals surface area contributed by atoms with Crippen LogP contribution in [0.15, 0.2) is 12.1 Å². The highest BCUT2D eigenvalue weighted by Gasteiger charge is 2.32. The topological polar surface area (TPSA) is 51.2 Å². The number of carbonyl (C=O) groups excluding carboxylic acids is 1. The summed E-state index contributed by atoms with van der Waals surface area (Å²) >= 11 is 0. The quantitative estimate of drug-likeness (QED) is 0.818. The molecule has 134 valence electrons. The molecule has 1 aromatic heterocycles. The number of nitrogens with zero attached hydrogens (tertiary/aromatic N) is 1. The van der Waals surface area contributed by atoms with Gasteiger partial charge in [0.2, 0.25) is 0 Å². The summed E-state index contributed by atoms with van der Waals surface area (Å²) in [7, 11) is 0. The third kappa shape index (κ3) is 9.76. The van der Waals surface area contributed by atoms with Crippen molar-refractivity contribution in [3.05, 3.63) is 29.1 Å². The van der Waals surface area contributed by atoms with Gasteiger partial charge in [-0.3, -0.25) is 0 Å². The highest BCUT2D eigenvalue weighted by Crippen LogP contribution is 2.28. The first kappa shape index (κ1) is 23.5. The van der Waals surface area contributed by atoms with Gasteiger partial charge in [-0.25, -0.2) is 9.78 Å². The number of hydrogen-bond donors (Lipinski definition) is 1. The Bertz CT molecular complexity index is 495. The van der Waals surface area contributed by atoms with Crippen LogP contribution in [0, 0.1) is 6.92 Å². The third-order valence-corrected chi connectivity index (χ3v) is 2.14. The van der Waals surface area contributed by atoms with E-state index in [0.717, 1.165) is 6.07 Å². The van der Waals surface area contributed by atoms with Crippen LogP contribution < -0.4 is 5.32 Å². The molecule has 4 nitrogen and oxygen atoms in total. The summed E-state index contributed by atoms with van der Waals surface area (Å²) in [6.45, 7) is 10.5. The van der Waals surface area contributed by atoms with Crippen LogP contribution in [0.2, 0.25) is 0 Å². The van der Waals surface area contributed by atoms with Crippen molar-refractivity contribution in [1.29, 1.82) is 0 Å². The van der Waals surface area contributed by atoms with E-state index in [9.17, 15) is 18.0 Å². The minimum absolute atomic E-state index is 0. The molecular formula is C16H27F3N2O2. The van der Waals surface area contributed by atoms with Gasteiger partial charge in [0.25, 0.3) is 0 Å². The SMILES string of the molecule is C.CC.Cc1cc(CNC(=O)OC(C)(C)C)cc(C(F)(F)F)n1. The Morgan fingerprint density at radius 1 is 1.22 bits per heavy atom. The molecule has 0 atom stereocenters. The second-order valence-corrected chi connectivity index (χ2v) is 5.36. The average Bonchev–Trinajstić information content (AvgIpc) is 2.35. The molecule has 1 rings (SSSR count). The molecule has 7 heteroatoms. The van der Waals surface area contributed by atoms with Gasteiger partial charge in [-0.1, -0.05) is 21.3 Å². The molecule has 0 fully saturated rings. The number of aromatic nitrogens is 1. The van der Waals surface area contributed by atoms with Gasteiger partial charge in [-0.05, 0) is 45.4 Å². The molecular weight excluding hydrogens is 309 g/mol. The minimum atomic E-state index is -4.51. The molecule has 23 heavy (non-hydrogen) atoms. The van der Waals surface area contributed by atoms with E-state index in [0.29, 0.717) is 5.56 Å². The molecule has 1 N–H and O–H groups in total. The first-order valence-electron chi connectivity index (χ1n) is 6.99. The fraction of sp³-hybridized carbons (Fsp3) is 0.625. The predicted molar refractivity (Wildman–Crippen MR) is 85.1 cm³/mol. The third-order valence-electron chi connectivity index (χ3n) is 2.14. The maximum Gasteiger partial charge on any atom is 0.433 e. The molecule has 1 aromatic rings. The standard InChI is InChI=1S/C13H17F3N2O2.C2H6.CH4/c1-8-5-9(6-10(18-8)13(14,15)16)7-17-11(19)20-12(2,3)4;1-2;/h5-6H,7H2,1-4H3,(H,17,19);1-2H3;1H4. The maximum absolute atomic E-state index is 12.6. The van der Waals surface area contributed by atoms with Gasteiger partial charge in [0.1, 0.15) is 11.3 Å². The summed E-state index contributed by atoms with van der Waals surface area (Å²) in [4.78, 5) is 14.9. The molecule has 0 saturated heterocycles. The number of alkyl halides is 3. The van der Waals surface area contributed by atoms with E-state index in [1.165, 1.54) is 13.0 Å². The second kappa shape index (κ2) is 9.37. The molecule has 1 heterocycles. The second-order valence-electron chi connectivity index (χ2n) is 5.36. The van der Waals surface area contributed by atoms with Gasteiger partial charge in [0.15, 0.2) is 0 Å². The monoisotopic (exact) mass is 336 g/mol. The summed E-state index contributed by atoms with van der Waals surface area (Å²) in [5, 5.41) is 2.41. The van der Waals surface area contributed by atoms with Crippen molar-refractivity contribution in [1.82, 2.24) is 10.3 Å². The van der Waals surface area contributed by atoms with Gasteiger partial charge < -0.3 is 10.1 Å². The van der Waals surface area contributed by atoms with Crippen molar-refractivity contribution in [2.75, 3.05) is 0 Å². The van der Waals surface area contributed by atoms with Gasteiger partial charge in [0, 0.05) is 12.2 Å². The molecule has 0 aromatic carbocycles. The van der Waals surface area contributed by atoms with Crippen molar-refractivity contribution >= 4 is 6.09 Å². The smallest absolute Gasteiger partial charge is 0.433 e. The first-order valence-corrected chi connectivity index (χ1v) is 6.99. The van der Waals surface area contributed by atoms with E-state index in [4.69, 9.17) is 4.74 Å². The lowest BCUT2D eigenvalue weighted by molar-refractivity contribution is -0.141. The number of rotatable bonds is 2. The van der Waals surface area contributed by atoms with Crippen LogP contribution >= 0.6 is 0 Å². The lowest BCUT2D eigenvalue weighted by atomic mass is 10.2. The van der Waals surface area contributed by atoms with E-state index in [2.05, 4.69) is 10.3 Å². The zero-order valence-corrected chi connectivity index (χ0v) is 13.8. The lowest BCUT2D eigenvalue weighted by Gasteiger charge is -2.19. The van der Waals surface area contributed by atoms with E-state index in [1.54, 1.807) is 20.8 Å². The van der Waals surface area contributed by atoms with E-state index < -0.39 is 23.6 Å². The zero-order valence-electron chi connectivity index (χ0n) is 13.8. The Labute approximate surface area is 136 Å². The number of ether oxygens (including phenoxy) is 1. The molecule has 0 unspecified atom stereocenters. The molecule has 0 bridgehead atoms. The van der Waals surface area contributed by atoms with Crippen molar-refractivity contribution in [2.24, 2.45) is 0 Å². The number of amides is 1. The van der Waals surface area contributed by atoms with Crippen LogP contribution in [0.3, 0.4) is 0 Å². The fourth-order valence-electron chi connectivity index (χ4n) is 1.48. The number of hydrogen-bond acceptors (Lipinski definition) is 3. The van der Waals surface area contributed by atoms with Crippen LogP contribution in [0.25, 0.3) is 0 Å². The molecule has 0 aliphatic heterocycles. The van der Waals surface area contributed by atoms with E-state index >= 15 is 0 Å². The highest BCUT2D eigenvalue weighted by atomic mass is 19.4. The van der Waals surface area contributed by atoms with E-state index in [1.807, 2.05) is 13.8 Å². The average molecular weight is 336 g/mol. The number of pyridine rings is 1. The maximum atomic E-state index is 12.6. The van der Waals surface area contributed by atoms with Crippen molar-refractivity contribution in [3.63, 3.8) is 0 Å². The van der Waals surface area contributed by atoms with Gasteiger partial charge in [-0.2, -0.15) is 13.2 Å².